The summed E-state index contributed by atoms with van der Waals surface area (Å²) in [5.41, 5.74) is -0.703. The number of carboxylic acid groups (broad SMARTS) is 1. The zero-order chi connectivity index (χ0) is 14.0. The van der Waals surface area contributed by atoms with E-state index >= 15 is 0 Å². The molecule has 1 heterocycles. The number of nitro benzene ring substituents is 1. The minimum Gasteiger partial charge on any atom is -0.476 e. The molecule has 2 rings (SSSR count). The summed E-state index contributed by atoms with van der Waals surface area (Å²) in [5, 5.41) is 19.3. The van der Waals surface area contributed by atoms with Crippen LogP contribution in [0.4, 0.5) is 10.1 Å². The van der Waals surface area contributed by atoms with Crippen molar-refractivity contribution in [2.45, 2.75) is 6.54 Å². The van der Waals surface area contributed by atoms with Gasteiger partial charge in [-0.3, -0.25) is 10.1 Å². The van der Waals surface area contributed by atoms with E-state index < -0.39 is 22.4 Å². The average molecular weight is 265 g/mol. The van der Waals surface area contributed by atoms with Crippen LogP contribution in [0.3, 0.4) is 0 Å². The molecule has 0 saturated heterocycles. The molecule has 0 aliphatic rings. The number of aromatic carboxylic acids is 1. The first-order valence-electron chi connectivity index (χ1n) is 5.16. The number of rotatable bonds is 4. The Morgan fingerprint density at radius 2 is 2.26 bits per heavy atom. The van der Waals surface area contributed by atoms with Crippen molar-refractivity contribution in [3.8, 4) is 0 Å². The SMILES string of the molecule is O=C(O)c1cn(Cc2cccc([N+](=O)[O-])c2F)cn1. The fourth-order valence-electron chi connectivity index (χ4n) is 1.58. The second kappa shape index (κ2) is 4.84. The highest BCUT2D eigenvalue weighted by atomic mass is 19.1. The van der Waals surface area contributed by atoms with E-state index in [1.165, 1.54) is 29.2 Å². The normalized spacial score (nSPS) is 10.4. The highest BCUT2D eigenvalue weighted by Gasteiger charge is 2.17. The Hall–Kier alpha value is -2.77. The summed E-state index contributed by atoms with van der Waals surface area (Å²) in [6.45, 7) is -0.0339. The van der Waals surface area contributed by atoms with E-state index in [-0.39, 0.29) is 17.8 Å². The van der Waals surface area contributed by atoms with Crippen LogP contribution in [0.5, 0.6) is 0 Å². The summed E-state index contributed by atoms with van der Waals surface area (Å²) in [7, 11) is 0. The molecule has 98 valence electrons. The van der Waals surface area contributed by atoms with Gasteiger partial charge in [0.05, 0.1) is 17.8 Å². The minimum atomic E-state index is -1.20. The van der Waals surface area contributed by atoms with Crippen molar-refractivity contribution in [2.75, 3.05) is 0 Å². The van der Waals surface area contributed by atoms with E-state index in [2.05, 4.69) is 4.98 Å². The predicted molar refractivity (Wildman–Crippen MR) is 61.3 cm³/mol. The number of nitro groups is 1. The summed E-state index contributed by atoms with van der Waals surface area (Å²) in [5.74, 6) is -2.13. The van der Waals surface area contributed by atoms with Crippen LogP contribution in [0.15, 0.2) is 30.7 Å². The molecular formula is C11H8FN3O4. The lowest BCUT2D eigenvalue weighted by atomic mass is 10.2. The molecule has 0 fully saturated rings. The van der Waals surface area contributed by atoms with Gasteiger partial charge in [0.15, 0.2) is 5.69 Å². The lowest BCUT2D eigenvalue weighted by Crippen LogP contribution is -2.03. The van der Waals surface area contributed by atoms with Crippen molar-refractivity contribution in [3.63, 3.8) is 0 Å². The van der Waals surface area contributed by atoms with Crippen LogP contribution in [-0.4, -0.2) is 25.6 Å². The van der Waals surface area contributed by atoms with Crippen molar-refractivity contribution >= 4 is 11.7 Å². The van der Waals surface area contributed by atoms with Crippen LogP contribution in [0.2, 0.25) is 0 Å². The van der Waals surface area contributed by atoms with E-state index in [1.54, 1.807) is 0 Å². The Morgan fingerprint density at radius 3 is 2.84 bits per heavy atom. The van der Waals surface area contributed by atoms with Crippen molar-refractivity contribution in [2.24, 2.45) is 0 Å². The number of hydrogen-bond donors (Lipinski definition) is 1. The number of imidazole rings is 1. The maximum atomic E-state index is 13.8. The topological polar surface area (TPSA) is 98.3 Å². The number of aromatic nitrogens is 2. The van der Waals surface area contributed by atoms with Gasteiger partial charge in [0.1, 0.15) is 0 Å². The van der Waals surface area contributed by atoms with Gasteiger partial charge in [0.25, 0.3) is 0 Å². The van der Waals surface area contributed by atoms with E-state index in [1.807, 2.05) is 0 Å². The summed E-state index contributed by atoms with van der Waals surface area (Å²) in [6.07, 6.45) is 2.45. The number of halogens is 1. The van der Waals surface area contributed by atoms with Gasteiger partial charge in [0.2, 0.25) is 5.82 Å². The molecule has 0 radical (unpaired) electrons. The van der Waals surface area contributed by atoms with Crippen molar-refractivity contribution in [3.05, 3.63) is 57.9 Å². The molecule has 0 atom stereocenters. The fraction of sp³-hybridized carbons (Fsp3) is 0.0909. The lowest BCUT2D eigenvalue weighted by Gasteiger charge is -2.04. The number of carboxylic acids is 1. The Balaban J connectivity index is 2.30. The van der Waals surface area contributed by atoms with Gasteiger partial charge in [0, 0.05) is 17.8 Å². The largest absolute Gasteiger partial charge is 0.476 e. The molecule has 0 amide bonds. The van der Waals surface area contributed by atoms with E-state index in [9.17, 15) is 19.3 Å². The Bertz CT molecular complexity index is 653. The van der Waals surface area contributed by atoms with Crippen molar-refractivity contribution in [1.29, 1.82) is 0 Å². The molecule has 1 N–H and O–H groups in total. The van der Waals surface area contributed by atoms with Crippen molar-refractivity contribution in [1.82, 2.24) is 9.55 Å². The van der Waals surface area contributed by atoms with Gasteiger partial charge in [-0.05, 0) is 0 Å². The van der Waals surface area contributed by atoms with Gasteiger partial charge in [-0.25, -0.2) is 9.78 Å². The van der Waals surface area contributed by atoms with Crippen LogP contribution in [0, 0.1) is 15.9 Å². The number of carbonyl (C=O) groups is 1. The maximum Gasteiger partial charge on any atom is 0.356 e. The van der Waals surface area contributed by atoms with E-state index in [0.29, 0.717) is 0 Å². The van der Waals surface area contributed by atoms with Gasteiger partial charge in [-0.15, -0.1) is 0 Å². The molecule has 1 aromatic heterocycles. The molecule has 7 nitrogen and oxygen atoms in total. The third-order valence-corrected chi connectivity index (χ3v) is 2.46. The molecule has 0 aliphatic heterocycles. The number of nitrogens with zero attached hydrogens (tertiary/aromatic N) is 3. The molecule has 0 aliphatic carbocycles. The highest BCUT2D eigenvalue weighted by molar-refractivity contribution is 5.84. The third-order valence-electron chi connectivity index (χ3n) is 2.46. The van der Waals surface area contributed by atoms with E-state index in [0.717, 1.165) is 6.07 Å². The first-order chi connectivity index (χ1) is 8.99. The van der Waals surface area contributed by atoms with Gasteiger partial charge in [-0.2, -0.15) is 4.39 Å². The summed E-state index contributed by atoms with van der Waals surface area (Å²) in [4.78, 5) is 24.0. The summed E-state index contributed by atoms with van der Waals surface area (Å²) < 4.78 is 15.1. The van der Waals surface area contributed by atoms with E-state index in [4.69, 9.17) is 5.11 Å². The van der Waals surface area contributed by atoms with Crippen LogP contribution in [0.25, 0.3) is 0 Å². The van der Waals surface area contributed by atoms with Crippen molar-refractivity contribution < 1.29 is 19.2 Å². The summed E-state index contributed by atoms with van der Waals surface area (Å²) >= 11 is 0. The number of benzene rings is 1. The first kappa shape index (κ1) is 12.7. The quantitative estimate of drug-likeness (QED) is 0.669. The lowest BCUT2D eigenvalue weighted by molar-refractivity contribution is -0.387. The molecule has 1 aromatic carbocycles. The highest BCUT2D eigenvalue weighted by Crippen LogP contribution is 2.20. The second-order valence-corrected chi connectivity index (χ2v) is 3.74. The van der Waals surface area contributed by atoms with Crippen LogP contribution >= 0.6 is 0 Å². The monoisotopic (exact) mass is 265 g/mol. The molecule has 0 unspecified atom stereocenters. The molecular weight excluding hydrogens is 257 g/mol. The molecule has 19 heavy (non-hydrogen) atoms. The summed E-state index contributed by atoms with van der Waals surface area (Å²) in [6, 6.07) is 3.82. The molecule has 2 aromatic rings. The zero-order valence-corrected chi connectivity index (χ0v) is 9.49. The van der Waals surface area contributed by atoms with Gasteiger partial charge >= 0.3 is 11.7 Å². The molecule has 8 heteroatoms. The standard InChI is InChI=1S/C11H8FN3O4/c12-10-7(2-1-3-9(10)15(18)19)4-14-5-8(11(16)17)13-6-14/h1-3,5-6H,4H2,(H,16,17). The smallest absolute Gasteiger partial charge is 0.356 e. The predicted octanol–water partition coefficient (Wildman–Crippen LogP) is 1.68. The van der Waals surface area contributed by atoms with Crippen LogP contribution in [0.1, 0.15) is 16.1 Å². The Labute approximate surface area is 106 Å². The Morgan fingerprint density at radius 1 is 1.53 bits per heavy atom. The average Bonchev–Trinajstić information content (AvgIpc) is 2.80. The first-order valence-corrected chi connectivity index (χ1v) is 5.16. The van der Waals surface area contributed by atoms with Crippen LogP contribution in [-0.2, 0) is 6.54 Å². The van der Waals surface area contributed by atoms with Crippen LogP contribution < -0.4 is 0 Å². The molecule has 0 saturated carbocycles. The second-order valence-electron chi connectivity index (χ2n) is 3.74. The molecule has 0 spiro atoms. The van der Waals surface area contributed by atoms with Gasteiger partial charge in [-0.1, -0.05) is 12.1 Å². The molecule has 0 bridgehead atoms. The minimum absolute atomic E-state index is 0.0339. The van der Waals surface area contributed by atoms with Gasteiger partial charge < -0.3 is 9.67 Å². The fourth-order valence-corrected chi connectivity index (χ4v) is 1.58. The Kier molecular flexibility index (Phi) is 3.23. The maximum absolute atomic E-state index is 13.8. The third kappa shape index (κ3) is 2.57. The number of hydrogen-bond acceptors (Lipinski definition) is 4. The zero-order valence-electron chi connectivity index (χ0n) is 9.49.